The Morgan fingerprint density at radius 2 is 2.05 bits per heavy atom. The molecule has 1 nitrogen and oxygen atoms in total. The number of hydrogen-bond donors (Lipinski definition) is 1. The van der Waals surface area contributed by atoms with Gasteiger partial charge in [-0.1, -0.05) is 45.4 Å². The van der Waals surface area contributed by atoms with Crippen LogP contribution in [0.15, 0.2) is 18.2 Å². The lowest BCUT2D eigenvalue weighted by molar-refractivity contribution is 0.207. The normalized spacial score (nSPS) is 14.7. The summed E-state index contributed by atoms with van der Waals surface area (Å²) in [6, 6.07) is 5.04. The summed E-state index contributed by atoms with van der Waals surface area (Å²) in [7, 11) is 0. The molecule has 19 heavy (non-hydrogen) atoms. The zero-order valence-corrected chi connectivity index (χ0v) is 13.1. The number of hydrogen-bond acceptors (Lipinski definition) is 1. The maximum atomic E-state index is 13.2. The Morgan fingerprint density at radius 3 is 2.58 bits per heavy atom. The molecule has 1 unspecified atom stereocenters. The van der Waals surface area contributed by atoms with E-state index >= 15 is 0 Å². The summed E-state index contributed by atoms with van der Waals surface area (Å²) in [4.78, 5) is 0. The van der Waals surface area contributed by atoms with Crippen LogP contribution in [0.25, 0.3) is 0 Å². The summed E-state index contributed by atoms with van der Waals surface area (Å²) in [5.74, 6) is 0.196. The predicted octanol–water partition coefficient (Wildman–Crippen LogP) is 4.68. The van der Waals surface area contributed by atoms with Crippen molar-refractivity contribution in [1.29, 1.82) is 0 Å². The van der Waals surface area contributed by atoms with Gasteiger partial charge < -0.3 is 5.32 Å². The van der Waals surface area contributed by atoms with Gasteiger partial charge in [0.2, 0.25) is 0 Å². The summed E-state index contributed by atoms with van der Waals surface area (Å²) in [6.07, 6.45) is 2.04. The fourth-order valence-corrected chi connectivity index (χ4v) is 2.34. The molecule has 0 aliphatic heterocycles. The van der Waals surface area contributed by atoms with E-state index in [0.717, 1.165) is 31.5 Å². The minimum atomic E-state index is -0.347. The van der Waals surface area contributed by atoms with E-state index in [9.17, 15) is 4.39 Å². The minimum absolute atomic E-state index is 0.149. The Morgan fingerprint density at radius 1 is 1.37 bits per heavy atom. The number of nitrogens with one attached hydrogen (secondary N) is 1. The van der Waals surface area contributed by atoms with Crippen molar-refractivity contribution in [2.75, 3.05) is 13.1 Å². The summed E-state index contributed by atoms with van der Waals surface area (Å²) in [6.45, 7) is 10.9. The molecular formula is C16H25ClFN. The molecule has 1 aromatic carbocycles. The molecule has 0 amide bonds. The second kappa shape index (κ2) is 7.25. The first kappa shape index (κ1) is 16.5. The van der Waals surface area contributed by atoms with Gasteiger partial charge in [0.1, 0.15) is 5.82 Å². The highest BCUT2D eigenvalue weighted by atomic mass is 35.5. The van der Waals surface area contributed by atoms with Crippen molar-refractivity contribution in [2.24, 2.45) is 11.3 Å². The summed E-state index contributed by atoms with van der Waals surface area (Å²) in [5, 5.41) is 3.71. The van der Waals surface area contributed by atoms with Crippen LogP contribution in [0.4, 0.5) is 4.39 Å². The van der Waals surface area contributed by atoms with Gasteiger partial charge in [-0.25, -0.2) is 4.39 Å². The first-order valence-electron chi connectivity index (χ1n) is 7.03. The van der Waals surface area contributed by atoms with Crippen molar-refractivity contribution in [3.05, 3.63) is 34.6 Å². The second-order valence-corrected chi connectivity index (χ2v) is 6.32. The maximum absolute atomic E-state index is 13.2. The molecule has 0 bridgehead atoms. The van der Waals surface area contributed by atoms with Gasteiger partial charge in [0.25, 0.3) is 0 Å². The molecule has 1 N–H and O–H groups in total. The second-order valence-electron chi connectivity index (χ2n) is 5.91. The van der Waals surface area contributed by atoms with Crippen molar-refractivity contribution >= 4 is 11.6 Å². The molecule has 108 valence electrons. The van der Waals surface area contributed by atoms with Crippen LogP contribution in [0.5, 0.6) is 0 Å². The average molecular weight is 286 g/mol. The molecule has 0 aromatic heterocycles. The van der Waals surface area contributed by atoms with E-state index in [-0.39, 0.29) is 16.3 Å². The Hall–Kier alpha value is -0.600. The number of rotatable bonds is 7. The van der Waals surface area contributed by atoms with E-state index in [1.54, 1.807) is 6.07 Å². The first-order valence-corrected chi connectivity index (χ1v) is 7.41. The lowest BCUT2D eigenvalue weighted by Gasteiger charge is -2.34. The van der Waals surface area contributed by atoms with E-state index < -0.39 is 0 Å². The monoisotopic (exact) mass is 285 g/mol. The first-order chi connectivity index (χ1) is 8.89. The van der Waals surface area contributed by atoms with Crippen molar-refractivity contribution in [3.63, 3.8) is 0 Å². The van der Waals surface area contributed by atoms with Crippen LogP contribution >= 0.6 is 11.6 Å². The predicted molar refractivity (Wildman–Crippen MR) is 81.2 cm³/mol. The highest BCUT2D eigenvalue weighted by molar-refractivity contribution is 6.30. The van der Waals surface area contributed by atoms with Crippen molar-refractivity contribution in [1.82, 2.24) is 5.32 Å². The fourth-order valence-electron chi connectivity index (χ4n) is 2.14. The standard InChI is InChI=1S/C16H25ClFN/c1-5-8-19-11-16(4,12(2)3)10-13-6-7-15(18)14(17)9-13/h6-7,9,12,19H,5,8,10-11H2,1-4H3. The SMILES string of the molecule is CCCNCC(C)(Cc1ccc(F)c(Cl)c1)C(C)C. The van der Waals surface area contributed by atoms with Gasteiger partial charge in [-0.05, 0) is 48.4 Å². The lowest BCUT2D eigenvalue weighted by atomic mass is 9.74. The minimum Gasteiger partial charge on any atom is -0.316 e. The average Bonchev–Trinajstić information content (AvgIpc) is 2.34. The zero-order chi connectivity index (χ0) is 14.5. The van der Waals surface area contributed by atoms with Gasteiger partial charge in [0.15, 0.2) is 0 Å². The summed E-state index contributed by atoms with van der Waals surface area (Å²) < 4.78 is 13.2. The van der Waals surface area contributed by atoms with E-state index in [2.05, 4.69) is 33.0 Å². The summed E-state index contributed by atoms with van der Waals surface area (Å²) in [5.41, 5.74) is 1.25. The summed E-state index contributed by atoms with van der Waals surface area (Å²) >= 11 is 5.86. The Balaban J connectivity index is 2.79. The van der Waals surface area contributed by atoms with Crippen LogP contribution in [0.3, 0.4) is 0 Å². The highest BCUT2D eigenvalue weighted by Gasteiger charge is 2.28. The number of halogens is 2. The van der Waals surface area contributed by atoms with Crippen molar-refractivity contribution < 1.29 is 4.39 Å². The molecule has 0 radical (unpaired) electrons. The van der Waals surface area contributed by atoms with Gasteiger partial charge in [-0.2, -0.15) is 0 Å². The quantitative estimate of drug-likeness (QED) is 0.717. The van der Waals surface area contributed by atoms with Crippen molar-refractivity contribution in [3.8, 4) is 0 Å². The Kier molecular flexibility index (Phi) is 6.28. The third-order valence-electron chi connectivity index (χ3n) is 3.94. The topological polar surface area (TPSA) is 12.0 Å². The van der Waals surface area contributed by atoms with E-state index in [4.69, 9.17) is 11.6 Å². The molecule has 0 heterocycles. The molecule has 0 fully saturated rings. The van der Waals surface area contributed by atoms with E-state index in [1.165, 1.54) is 6.07 Å². The Labute approximate surface area is 121 Å². The smallest absolute Gasteiger partial charge is 0.141 e. The van der Waals surface area contributed by atoms with Crippen LogP contribution in [-0.4, -0.2) is 13.1 Å². The molecule has 1 rings (SSSR count). The van der Waals surface area contributed by atoms with Gasteiger partial charge in [0.05, 0.1) is 5.02 Å². The van der Waals surface area contributed by atoms with Gasteiger partial charge in [-0.3, -0.25) is 0 Å². The van der Waals surface area contributed by atoms with E-state index in [1.807, 2.05) is 6.07 Å². The van der Waals surface area contributed by atoms with Crippen LogP contribution in [0, 0.1) is 17.2 Å². The van der Waals surface area contributed by atoms with Crippen molar-refractivity contribution in [2.45, 2.75) is 40.5 Å². The highest BCUT2D eigenvalue weighted by Crippen LogP contribution is 2.31. The van der Waals surface area contributed by atoms with Gasteiger partial charge in [0, 0.05) is 6.54 Å². The molecule has 0 saturated heterocycles. The zero-order valence-electron chi connectivity index (χ0n) is 12.4. The third kappa shape index (κ3) is 4.77. The molecule has 3 heteroatoms. The molecule has 0 spiro atoms. The largest absolute Gasteiger partial charge is 0.316 e. The lowest BCUT2D eigenvalue weighted by Crippen LogP contribution is -2.38. The van der Waals surface area contributed by atoms with E-state index in [0.29, 0.717) is 5.92 Å². The molecule has 0 aliphatic carbocycles. The molecular weight excluding hydrogens is 261 g/mol. The third-order valence-corrected chi connectivity index (χ3v) is 4.23. The van der Waals surface area contributed by atoms with Crippen LogP contribution in [0.1, 0.15) is 39.7 Å². The fraction of sp³-hybridized carbons (Fsp3) is 0.625. The number of benzene rings is 1. The van der Waals surface area contributed by atoms with Crippen LogP contribution in [0.2, 0.25) is 5.02 Å². The van der Waals surface area contributed by atoms with Gasteiger partial charge >= 0.3 is 0 Å². The van der Waals surface area contributed by atoms with Gasteiger partial charge in [-0.15, -0.1) is 0 Å². The maximum Gasteiger partial charge on any atom is 0.141 e. The molecule has 1 atom stereocenters. The van der Waals surface area contributed by atoms with Crippen LogP contribution in [-0.2, 0) is 6.42 Å². The molecule has 0 saturated carbocycles. The Bertz CT molecular complexity index is 406. The molecule has 0 aliphatic rings. The molecule has 1 aromatic rings. The van der Waals surface area contributed by atoms with Crippen LogP contribution < -0.4 is 5.32 Å².